The van der Waals surface area contributed by atoms with Crippen molar-refractivity contribution in [3.8, 4) is 0 Å². The van der Waals surface area contributed by atoms with Crippen LogP contribution in [0.3, 0.4) is 0 Å². The summed E-state index contributed by atoms with van der Waals surface area (Å²) < 4.78 is 11.2. The molecule has 3 heteroatoms. The molecule has 0 heterocycles. The molecular weight excluding hydrogens is 312 g/mol. The maximum Gasteiger partial charge on any atom is 0.302 e. The third kappa shape index (κ3) is 4.67. The molecular formula is C22H38O3. The summed E-state index contributed by atoms with van der Waals surface area (Å²) in [6.45, 7) is 10.8. The van der Waals surface area contributed by atoms with E-state index in [4.69, 9.17) is 9.47 Å². The third-order valence-electron chi connectivity index (χ3n) is 6.86. The van der Waals surface area contributed by atoms with Crippen molar-refractivity contribution in [1.29, 1.82) is 0 Å². The van der Waals surface area contributed by atoms with Crippen molar-refractivity contribution in [2.45, 2.75) is 91.8 Å². The highest BCUT2D eigenvalue weighted by molar-refractivity contribution is 5.66. The molecule has 144 valence electrons. The van der Waals surface area contributed by atoms with Crippen LogP contribution in [0.1, 0.15) is 79.6 Å². The lowest BCUT2D eigenvalue weighted by molar-refractivity contribution is -0.148. The fourth-order valence-electron chi connectivity index (χ4n) is 5.46. The predicted molar refractivity (Wildman–Crippen MR) is 102 cm³/mol. The molecule has 2 rings (SSSR count). The van der Waals surface area contributed by atoms with Crippen LogP contribution in [0.25, 0.3) is 0 Å². The van der Waals surface area contributed by atoms with E-state index in [1.54, 1.807) is 5.57 Å². The maximum atomic E-state index is 11.3. The number of allylic oxidation sites excluding steroid dienone is 1. The van der Waals surface area contributed by atoms with Crippen molar-refractivity contribution in [3.05, 3.63) is 11.6 Å². The van der Waals surface area contributed by atoms with Crippen LogP contribution in [0, 0.1) is 23.2 Å². The smallest absolute Gasteiger partial charge is 0.302 e. The molecule has 1 saturated carbocycles. The fraction of sp³-hybridized carbons (Fsp3) is 0.864. The van der Waals surface area contributed by atoms with Gasteiger partial charge in [-0.2, -0.15) is 0 Å². The lowest BCUT2D eigenvalue weighted by Crippen LogP contribution is -2.43. The molecule has 0 radical (unpaired) electrons. The van der Waals surface area contributed by atoms with Crippen molar-refractivity contribution in [2.75, 3.05) is 7.11 Å². The molecule has 1 fully saturated rings. The first kappa shape index (κ1) is 20.5. The molecule has 5 atom stereocenters. The van der Waals surface area contributed by atoms with Crippen LogP contribution in [-0.4, -0.2) is 25.3 Å². The Bertz CT molecular complexity index is 482. The first-order valence-corrected chi connectivity index (χ1v) is 10.2. The Hall–Kier alpha value is -0.830. The van der Waals surface area contributed by atoms with Gasteiger partial charge in [-0.25, -0.2) is 0 Å². The summed E-state index contributed by atoms with van der Waals surface area (Å²) >= 11 is 0. The number of carbonyl (C=O) groups excluding carboxylic acids is 1. The Labute approximate surface area is 154 Å². The van der Waals surface area contributed by atoms with Crippen LogP contribution < -0.4 is 0 Å². The molecule has 0 spiro atoms. The minimum absolute atomic E-state index is 0.0877. The standard InChI is InChI=1S/C22H38O3/c1-7-20-17(9-11-21(24-6)15(2)3)8-10-18-14-19(25-16(4)23)12-13-22(18,20)5/h10,15,17,19-21H,7-9,11-14H2,1-6H3/t17?,19-,20-,21-,22-/m0/s1. The van der Waals surface area contributed by atoms with E-state index in [1.165, 1.54) is 26.2 Å². The zero-order chi connectivity index (χ0) is 18.6. The molecule has 0 N–H and O–H groups in total. The molecule has 3 nitrogen and oxygen atoms in total. The summed E-state index contributed by atoms with van der Waals surface area (Å²) in [5, 5.41) is 0. The van der Waals surface area contributed by atoms with Gasteiger partial charge in [0, 0.05) is 20.5 Å². The highest BCUT2D eigenvalue weighted by Crippen LogP contribution is 2.55. The van der Waals surface area contributed by atoms with Crippen LogP contribution in [0.15, 0.2) is 11.6 Å². The second kappa shape index (κ2) is 8.70. The summed E-state index contributed by atoms with van der Waals surface area (Å²) in [5.74, 6) is 1.92. The van der Waals surface area contributed by atoms with Gasteiger partial charge in [0.1, 0.15) is 6.10 Å². The second-order valence-corrected chi connectivity index (χ2v) is 8.73. The van der Waals surface area contributed by atoms with Gasteiger partial charge in [0.05, 0.1) is 6.10 Å². The number of fused-ring (bicyclic) bond motifs is 1. The van der Waals surface area contributed by atoms with E-state index < -0.39 is 0 Å². The molecule has 2 aliphatic carbocycles. The number of hydrogen-bond acceptors (Lipinski definition) is 3. The zero-order valence-electron chi connectivity index (χ0n) is 17.1. The first-order valence-electron chi connectivity index (χ1n) is 10.2. The minimum Gasteiger partial charge on any atom is -0.462 e. The van der Waals surface area contributed by atoms with Gasteiger partial charge >= 0.3 is 5.97 Å². The van der Waals surface area contributed by atoms with Crippen molar-refractivity contribution in [2.24, 2.45) is 23.2 Å². The normalized spacial score (nSPS) is 33.6. The Kier molecular flexibility index (Phi) is 7.13. The SMILES string of the molecule is CC[C@H]1C(CC[C@H](OC)C(C)C)CC=C2C[C@@H](OC(C)=O)CC[C@@]21C. The van der Waals surface area contributed by atoms with Gasteiger partial charge in [-0.1, -0.05) is 45.8 Å². The topological polar surface area (TPSA) is 35.5 Å². The number of carbonyl (C=O) groups is 1. The van der Waals surface area contributed by atoms with Crippen LogP contribution >= 0.6 is 0 Å². The van der Waals surface area contributed by atoms with Gasteiger partial charge in [0.15, 0.2) is 0 Å². The van der Waals surface area contributed by atoms with Crippen LogP contribution in [0.4, 0.5) is 0 Å². The fourth-order valence-corrected chi connectivity index (χ4v) is 5.46. The Morgan fingerprint density at radius 1 is 1.40 bits per heavy atom. The Morgan fingerprint density at radius 3 is 2.68 bits per heavy atom. The molecule has 0 aromatic rings. The van der Waals surface area contributed by atoms with Crippen LogP contribution in [0.5, 0.6) is 0 Å². The lowest BCUT2D eigenvalue weighted by atomic mass is 9.55. The maximum absolute atomic E-state index is 11.3. The number of esters is 1. The molecule has 25 heavy (non-hydrogen) atoms. The molecule has 0 amide bonds. The van der Waals surface area contributed by atoms with Crippen molar-refractivity contribution < 1.29 is 14.3 Å². The monoisotopic (exact) mass is 350 g/mol. The molecule has 1 unspecified atom stereocenters. The van der Waals surface area contributed by atoms with Gasteiger partial charge in [0.2, 0.25) is 0 Å². The van der Waals surface area contributed by atoms with Crippen molar-refractivity contribution >= 4 is 5.97 Å². The molecule has 0 aromatic heterocycles. The van der Waals surface area contributed by atoms with Crippen LogP contribution in [-0.2, 0) is 14.3 Å². The number of hydrogen-bond donors (Lipinski definition) is 0. The molecule has 0 aromatic carbocycles. The van der Waals surface area contributed by atoms with E-state index >= 15 is 0 Å². The van der Waals surface area contributed by atoms with Gasteiger partial charge in [-0.15, -0.1) is 0 Å². The van der Waals surface area contributed by atoms with Crippen LogP contribution in [0.2, 0.25) is 0 Å². The predicted octanol–water partition coefficient (Wildman–Crippen LogP) is 5.53. The highest BCUT2D eigenvalue weighted by Gasteiger charge is 2.46. The zero-order valence-corrected chi connectivity index (χ0v) is 17.1. The van der Waals surface area contributed by atoms with E-state index in [0.29, 0.717) is 12.0 Å². The molecule has 0 bridgehead atoms. The largest absolute Gasteiger partial charge is 0.462 e. The highest BCUT2D eigenvalue weighted by atomic mass is 16.5. The van der Waals surface area contributed by atoms with E-state index in [2.05, 4.69) is 33.8 Å². The van der Waals surface area contributed by atoms with E-state index in [1.807, 2.05) is 7.11 Å². The number of methoxy groups -OCH3 is 1. The number of ether oxygens (including phenoxy) is 2. The van der Waals surface area contributed by atoms with E-state index in [-0.39, 0.29) is 17.5 Å². The number of rotatable bonds is 7. The van der Waals surface area contributed by atoms with Crippen molar-refractivity contribution in [1.82, 2.24) is 0 Å². The average Bonchev–Trinajstić information content (AvgIpc) is 2.54. The molecule has 0 aliphatic heterocycles. The first-order chi connectivity index (χ1) is 11.8. The molecule has 2 aliphatic rings. The third-order valence-corrected chi connectivity index (χ3v) is 6.86. The second-order valence-electron chi connectivity index (χ2n) is 8.73. The van der Waals surface area contributed by atoms with Gasteiger partial charge in [0.25, 0.3) is 0 Å². The van der Waals surface area contributed by atoms with Crippen molar-refractivity contribution in [3.63, 3.8) is 0 Å². The van der Waals surface area contributed by atoms with Gasteiger partial charge in [-0.3, -0.25) is 4.79 Å². The summed E-state index contributed by atoms with van der Waals surface area (Å²) in [6.07, 6.45) is 10.8. The summed E-state index contributed by atoms with van der Waals surface area (Å²) in [4.78, 5) is 11.3. The quantitative estimate of drug-likeness (QED) is 0.447. The lowest BCUT2D eigenvalue weighted by Gasteiger charge is -2.50. The average molecular weight is 351 g/mol. The Morgan fingerprint density at radius 2 is 2.12 bits per heavy atom. The summed E-state index contributed by atoms with van der Waals surface area (Å²) in [6, 6.07) is 0. The minimum atomic E-state index is -0.144. The summed E-state index contributed by atoms with van der Waals surface area (Å²) in [7, 11) is 1.85. The Balaban J connectivity index is 2.07. The van der Waals surface area contributed by atoms with Gasteiger partial charge < -0.3 is 9.47 Å². The van der Waals surface area contributed by atoms with Gasteiger partial charge in [-0.05, 0) is 55.3 Å². The van der Waals surface area contributed by atoms with E-state index in [0.717, 1.165) is 37.5 Å². The van der Waals surface area contributed by atoms with E-state index in [9.17, 15) is 4.79 Å². The summed E-state index contributed by atoms with van der Waals surface area (Å²) in [5.41, 5.74) is 1.83. The molecule has 0 saturated heterocycles.